The van der Waals surface area contributed by atoms with Crippen LogP contribution in [0.5, 0.6) is 5.75 Å². The lowest BCUT2D eigenvalue weighted by molar-refractivity contribution is -0.0498. The van der Waals surface area contributed by atoms with Crippen molar-refractivity contribution in [2.24, 2.45) is 5.92 Å². The average Bonchev–Trinajstić information content (AvgIpc) is 2.39. The highest BCUT2D eigenvalue weighted by Crippen LogP contribution is 2.20. The Morgan fingerprint density at radius 1 is 1.26 bits per heavy atom. The molecule has 0 radical (unpaired) electrons. The lowest BCUT2D eigenvalue weighted by atomic mass is 9.97. The second-order valence-electron chi connectivity index (χ2n) is 5.03. The Hall–Kier alpha value is -1.36. The van der Waals surface area contributed by atoms with E-state index in [-0.39, 0.29) is 5.75 Å². The molecule has 0 saturated carbocycles. The van der Waals surface area contributed by atoms with Crippen molar-refractivity contribution >= 4 is 5.69 Å². The van der Waals surface area contributed by atoms with Gasteiger partial charge in [-0.05, 0) is 63.2 Å². The number of halogens is 2. The molecule has 1 saturated heterocycles. The van der Waals surface area contributed by atoms with Gasteiger partial charge in [-0.3, -0.25) is 0 Å². The third-order valence-electron chi connectivity index (χ3n) is 3.51. The van der Waals surface area contributed by atoms with Gasteiger partial charge in [0.1, 0.15) is 5.75 Å². The van der Waals surface area contributed by atoms with Gasteiger partial charge in [-0.1, -0.05) is 0 Å². The minimum atomic E-state index is -2.77. The van der Waals surface area contributed by atoms with Crippen molar-refractivity contribution in [3.05, 3.63) is 24.3 Å². The van der Waals surface area contributed by atoms with Gasteiger partial charge >= 0.3 is 6.61 Å². The normalized spacial score (nSPS) is 17.7. The maximum atomic E-state index is 12.0. The summed E-state index contributed by atoms with van der Waals surface area (Å²) >= 11 is 0. The first-order chi connectivity index (χ1) is 9.13. The summed E-state index contributed by atoms with van der Waals surface area (Å²) in [5.74, 6) is 0.882. The molecule has 1 aliphatic rings. The van der Waals surface area contributed by atoms with E-state index in [1.165, 1.54) is 12.8 Å². The number of ether oxygens (including phenoxy) is 1. The van der Waals surface area contributed by atoms with Crippen LogP contribution in [-0.2, 0) is 0 Å². The number of nitrogens with one attached hydrogen (secondary N) is 1. The fourth-order valence-electron chi connectivity index (χ4n) is 2.28. The van der Waals surface area contributed by atoms with Gasteiger partial charge in [0.05, 0.1) is 0 Å². The van der Waals surface area contributed by atoms with Gasteiger partial charge in [0.15, 0.2) is 0 Å². The maximum Gasteiger partial charge on any atom is 0.387 e. The molecule has 1 aromatic carbocycles. The smallest absolute Gasteiger partial charge is 0.387 e. The Morgan fingerprint density at radius 2 is 1.89 bits per heavy atom. The summed E-state index contributed by atoms with van der Waals surface area (Å²) in [5, 5.41) is 3.35. The van der Waals surface area contributed by atoms with Gasteiger partial charge in [-0.25, -0.2) is 0 Å². The van der Waals surface area contributed by atoms with Gasteiger partial charge in [-0.2, -0.15) is 8.78 Å². The minimum Gasteiger partial charge on any atom is -0.435 e. The zero-order chi connectivity index (χ0) is 13.7. The van der Waals surface area contributed by atoms with E-state index in [4.69, 9.17) is 0 Å². The van der Waals surface area contributed by atoms with Crippen LogP contribution in [0.15, 0.2) is 24.3 Å². The molecule has 1 aliphatic heterocycles. The van der Waals surface area contributed by atoms with E-state index in [2.05, 4.69) is 22.0 Å². The Morgan fingerprint density at radius 3 is 2.47 bits per heavy atom. The van der Waals surface area contributed by atoms with Gasteiger partial charge < -0.3 is 15.0 Å². The Balaban J connectivity index is 1.76. The summed E-state index contributed by atoms with van der Waals surface area (Å²) < 4.78 is 28.3. The quantitative estimate of drug-likeness (QED) is 0.890. The van der Waals surface area contributed by atoms with Crippen LogP contribution in [0.3, 0.4) is 0 Å². The van der Waals surface area contributed by atoms with Crippen LogP contribution >= 0.6 is 0 Å². The second-order valence-corrected chi connectivity index (χ2v) is 5.03. The van der Waals surface area contributed by atoms with E-state index in [0.717, 1.165) is 25.3 Å². The monoisotopic (exact) mass is 270 g/mol. The topological polar surface area (TPSA) is 24.5 Å². The summed E-state index contributed by atoms with van der Waals surface area (Å²) in [6.45, 7) is 0.460. The maximum absolute atomic E-state index is 12.0. The highest BCUT2D eigenvalue weighted by molar-refractivity contribution is 5.46. The van der Waals surface area contributed by atoms with Crippen LogP contribution in [0.1, 0.15) is 12.8 Å². The van der Waals surface area contributed by atoms with E-state index in [0.29, 0.717) is 5.92 Å². The Labute approximate surface area is 112 Å². The molecular weight excluding hydrogens is 250 g/mol. The fourth-order valence-corrected chi connectivity index (χ4v) is 2.28. The van der Waals surface area contributed by atoms with Gasteiger partial charge in [0, 0.05) is 12.2 Å². The predicted molar refractivity (Wildman–Crippen MR) is 71.8 cm³/mol. The lowest BCUT2D eigenvalue weighted by Crippen LogP contribution is -2.32. The zero-order valence-electron chi connectivity index (χ0n) is 11.1. The zero-order valence-corrected chi connectivity index (χ0v) is 11.1. The highest BCUT2D eigenvalue weighted by atomic mass is 19.3. The molecular formula is C14H20F2N2O. The number of piperidine rings is 1. The van der Waals surface area contributed by atoms with E-state index < -0.39 is 6.61 Å². The number of likely N-dealkylation sites (tertiary alicyclic amines) is 1. The minimum absolute atomic E-state index is 0.194. The summed E-state index contributed by atoms with van der Waals surface area (Å²) in [6.07, 6.45) is 2.41. The first-order valence-electron chi connectivity index (χ1n) is 6.61. The fraction of sp³-hybridized carbons (Fsp3) is 0.571. The van der Waals surface area contributed by atoms with Crippen LogP contribution in [-0.4, -0.2) is 38.2 Å². The summed E-state index contributed by atoms with van der Waals surface area (Å²) in [7, 11) is 2.14. The summed E-state index contributed by atoms with van der Waals surface area (Å²) in [6, 6.07) is 6.66. The van der Waals surface area contributed by atoms with Crippen molar-refractivity contribution in [2.75, 3.05) is 32.0 Å². The van der Waals surface area contributed by atoms with Gasteiger partial charge in [0.25, 0.3) is 0 Å². The standard InChI is InChI=1S/C14H20F2N2O/c1-18-8-6-11(7-9-18)10-17-12-2-4-13(5-3-12)19-14(15)16/h2-5,11,14,17H,6-10H2,1H3. The molecule has 1 aromatic rings. The van der Waals surface area contributed by atoms with Crippen molar-refractivity contribution in [3.8, 4) is 5.75 Å². The molecule has 106 valence electrons. The second kappa shape index (κ2) is 6.70. The van der Waals surface area contributed by atoms with Crippen LogP contribution in [0, 0.1) is 5.92 Å². The molecule has 0 bridgehead atoms. The molecule has 0 unspecified atom stereocenters. The molecule has 0 amide bonds. The molecule has 0 spiro atoms. The highest BCUT2D eigenvalue weighted by Gasteiger charge is 2.16. The molecule has 19 heavy (non-hydrogen) atoms. The number of hydrogen-bond acceptors (Lipinski definition) is 3. The number of rotatable bonds is 5. The number of nitrogens with zero attached hydrogens (tertiary/aromatic N) is 1. The molecule has 0 atom stereocenters. The van der Waals surface area contributed by atoms with E-state index in [1.807, 2.05) is 0 Å². The van der Waals surface area contributed by atoms with Crippen LogP contribution in [0.4, 0.5) is 14.5 Å². The molecule has 1 N–H and O–H groups in total. The largest absolute Gasteiger partial charge is 0.435 e. The third-order valence-corrected chi connectivity index (χ3v) is 3.51. The third kappa shape index (κ3) is 4.67. The first kappa shape index (κ1) is 14.1. The van der Waals surface area contributed by atoms with Crippen molar-refractivity contribution in [1.29, 1.82) is 0 Å². The molecule has 1 heterocycles. The van der Waals surface area contributed by atoms with Gasteiger partial charge in [-0.15, -0.1) is 0 Å². The number of hydrogen-bond donors (Lipinski definition) is 1. The van der Waals surface area contributed by atoms with Crippen molar-refractivity contribution in [3.63, 3.8) is 0 Å². The average molecular weight is 270 g/mol. The molecule has 2 rings (SSSR count). The van der Waals surface area contributed by atoms with Crippen LogP contribution < -0.4 is 10.1 Å². The van der Waals surface area contributed by atoms with Crippen LogP contribution in [0.2, 0.25) is 0 Å². The number of benzene rings is 1. The Kier molecular flexibility index (Phi) is 4.96. The predicted octanol–water partition coefficient (Wildman–Crippen LogP) is 3.04. The van der Waals surface area contributed by atoms with Gasteiger partial charge in [0.2, 0.25) is 0 Å². The molecule has 1 fully saturated rings. The summed E-state index contributed by atoms with van der Waals surface area (Å²) in [5.41, 5.74) is 0.945. The van der Waals surface area contributed by atoms with Crippen LogP contribution in [0.25, 0.3) is 0 Å². The van der Waals surface area contributed by atoms with Crippen molar-refractivity contribution < 1.29 is 13.5 Å². The molecule has 5 heteroatoms. The van der Waals surface area contributed by atoms with E-state index in [9.17, 15) is 8.78 Å². The SMILES string of the molecule is CN1CCC(CNc2ccc(OC(F)F)cc2)CC1. The molecule has 0 aliphatic carbocycles. The summed E-state index contributed by atoms with van der Waals surface area (Å²) in [4.78, 5) is 2.34. The first-order valence-corrected chi connectivity index (χ1v) is 6.61. The molecule has 0 aromatic heterocycles. The van der Waals surface area contributed by atoms with Crippen molar-refractivity contribution in [2.45, 2.75) is 19.5 Å². The number of alkyl halides is 2. The lowest BCUT2D eigenvalue weighted by Gasteiger charge is -2.29. The number of anilines is 1. The van der Waals surface area contributed by atoms with E-state index >= 15 is 0 Å². The van der Waals surface area contributed by atoms with Crippen molar-refractivity contribution in [1.82, 2.24) is 4.90 Å². The Bertz CT molecular complexity index is 376. The van der Waals surface area contributed by atoms with E-state index in [1.54, 1.807) is 24.3 Å². The molecule has 3 nitrogen and oxygen atoms in total.